The summed E-state index contributed by atoms with van der Waals surface area (Å²) in [4.78, 5) is 10.6. The average molecular weight is 1040 g/mol. The van der Waals surface area contributed by atoms with E-state index in [0.717, 1.165) is 83.6 Å². The van der Waals surface area contributed by atoms with E-state index in [2.05, 4.69) is 238 Å². The number of benzene rings is 7. The summed E-state index contributed by atoms with van der Waals surface area (Å²) in [7, 11) is 0. The number of imidazole rings is 1. The van der Waals surface area contributed by atoms with E-state index in [1.54, 1.807) is 0 Å². The zero-order valence-electron chi connectivity index (χ0n) is 39.7. The molecule has 9 rings (SSSR count). The second-order valence-corrected chi connectivity index (χ2v) is 20.6. The molecule has 0 aliphatic heterocycles. The van der Waals surface area contributed by atoms with Crippen molar-refractivity contribution in [1.29, 1.82) is 0 Å². The molecule has 0 bridgehead atoms. The van der Waals surface area contributed by atoms with Crippen molar-refractivity contribution in [2.24, 2.45) is 0 Å². The van der Waals surface area contributed by atoms with Crippen LogP contribution in [-0.2, 0) is 37.3 Å². The van der Waals surface area contributed by atoms with Crippen LogP contribution in [0, 0.1) is 13.0 Å². The number of hydrogen-bond acceptors (Lipinski definition) is 3. The second kappa shape index (κ2) is 17.8. The molecule has 9 aromatic rings. The number of aromatic hydroxyl groups is 1. The van der Waals surface area contributed by atoms with Gasteiger partial charge in [-0.3, -0.25) is 9.55 Å². The third kappa shape index (κ3) is 9.22. The van der Waals surface area contributed by atoms with Crippen LogP contribution in [-0.4, -0.2) is 19.6 Å². The molecule has 0 aliphatic carbocycles. The van der Waals surface area contributed by atoms with E-state index in [0.29, 0.717) is 11.4 Å². The van der Waals surface area contributed by atoms with Crippen molar-refractivity contribution < 1.29 is 26.2 Å². The van der Waals surface area contributed by atoms with Crippen molar-refractivity contribution >= 4 is 11.0 Å². The van der Waals surface area contributed by atoms with Crippen LogP contribution in [0.25, 0.3) is 83.9 Å². The normalized spacial score (nSPS) is 12.0. The Hall–Kier alpha value is -6.35. The van der Waals surface area contributed by atoms with Crippen molar-refractivity contribution in [3.05, 3.63) is 192 Å². The summed E-state index contributed by atoms with van der Waals surface area (Å²) >= 11 is 0. The number of aromatic nitrogens is 3. The van der Waals surface area contributed by atoms with Crippen LogP contribution < -0.4 is 0 Å². The molecule has 0 unspecified atom stereocenters. The summed E-state index contributed by atoms with van der Waals surface area (Å²) in [5.74, 6) is 0.928. The van der Waals surface area contributed by atoms with Crippen molar-refractivity contribution in [1.82, 2.24) is 14.5 Å². The minimum atomic E-state index is -0.331. The minimum absolute atomic E-state index is 0. The van der Waals surface area contributed by atoms with Crippen LogP contribution in [0.15, 0.2) is 164 Å². The van der Waals surface area contributed by atoms with Gasteiger partial charge in [-0.05, 0) is 92.4 Å². The van der Waals surface area contributed by atoms with Gasteiger partial charge < -0.3 is 5.11 Å². The summed E-state index contributed by atoms with van der Waals surface area (Å²) in [6, 6.07) is 59.8. The number of phenolic OH excluding ortho intramolecular Hbond substituents is 1. The van der Waals surface area contributed by atoms with Crippen molar-refractivity contribution in [3.63, 3.8) is 0 Å². The van der Waals surface area contributed by atoms with Gasteiger partial charge in [0, 0.05) is 44.2 Å². The van der Waals surface area contributed by atoms with Crippen molar-refractivity contribution in [3.8, 4) is 78.6 Å². The molecule has 1 N–H and O–H groups in total. The Bertz CT molecular complexity index is 3200. The molecule has 0 amide bonds. The standard InChI is InChI=1S/C61H58N3O.Pt/c1-39-24-26-42(27-25-39)43-28-29-62-54(35-43)47-31-44(40-18-13-11-14-19-40)30-46(32-47)51-22-17-23-55-56(51)63-58(52-37-49(60(5,6)7)38-53(57(52)65)61(8,9)10)64(55)50-34-45(41-20-15-12-16-21-41)33-48(36-50)59(2,3)4;/h11-31,33-38,65H,1-10H3;/q-1;. The molecule has 7 aromatic carbocycles. The van der Waals surface area contributed by atoms with E-state index in [1.807, 2.05) is 6.20 Å². The molecule has 5 heteroatoms. The summed E-state index contributed by atoms with van der Waals surface area (Å²) in [5, 5.41) is 12.5. The van der Waals surface area contributed by atoms with E-state index in [-0.39, 0.29) is 43.1 Å². The number of pyridine rings is 1. The first-order valence-electron chi connectivity index (χ1n) is 22.7. The predicted molar refractivity (Wildman–Crippen MR) is 273 cm³/mol. The Morgan fingerprint density at radius 1 is 0.500 bits per heavy atom. The second-order valence-electron chi connectivity index (χ2n) is 20.6. The Morgan fingerprint density at radius 3 is 1.71 bits per heavy atom. The molecular weight excluding hydrogens is 986 g/mol. The van der Waals surface area contributed by atoms with Crippen molar-refractivity contribution in [2.75, 3.05) is 0 Å². The fourth-order valence-corrected chi connectivity index (χ4v) is 8.69. The monoisotopic (exact) mass is 1040 g/mol. The van der Waals surface area contributed by atoms with Gasteiger partial charge in [-0.15, -0.1) is 23.8 Å². The van der Waals surface area contributed by atoms with Gasteiger partial charge in [0.15, 0.2) is 0 Å². The van der Waals surface area contributed by atoms with Gasteiger partial charge in [-0.1, -0.05) is 200 Å². The number of aryl methyl sites for hydroxylation is 1. The van der Waals surface area contributed by atoms with Gasteiger partial charge in [0.05, 0.1) is 16.6 Å². The topological polar surface area (TPSA) is 50.9 Å². The molecule has 334 valence electrons. The Labute approximate surface area is 405 Å². The van der Waals surface area contributed by atoms with Crippen LogP contribution in [0.3, 0.4) is 0 Å². The molecular formula is C61H58N3OPt-. The third-order valence-electron chi connectivity index (χ3n) is 12.5. The molecule has 0 atom stereocenters. The fraction of sp³-hybridized carbons (Fsp3) is 0.213. The van der Waals surface area contributed by atoms with Gasteiger partial charge in [-0.25, -0.2) is 4.98 Å². The van der Waals surface area contributed by atoms with E-state index in [4.69, 9.17) is 9.97 Å². The molecule has 66 heavy (non-hydrogen) atoms. The van der Waals surface area contributed by atoms with Crippen LogP contribution in [0.2, 0.25) is 0 Å². The van der Waals surface area contributed by atoms with Crippen LogP contribution in [0.1, 0.15) is 84.6 Å². The largest absolute Gasteiger partial charge is 0.507 e. The number of fused-ring (bicyclic) bond motifs is 1. The summed E-state index contributed by atoms with van der Waals surface area (Å²) in [5.41, 5.74) is 17.4. The van der Waals surface area contributed by atoms with Gasteiger partial charge in [0.25, 0.3) is 0 Å². The Kier molecular flexibility index (Phi) is 12.5. The number of para-hydroxylation sites is 1. The Morgan fingerprint density at radius 2 is 1.09 bits per heavy atom. The SMILES string of the molecule is Cc1ccc(-c2ccnc(-c3[c-]c(-c4cccc5c4nc(-c4cc(C(C)(C)C)cc(C(C)(C)C)c4O)n5-c4cc(-c5ccccc5)cc(C(C)(C)C)c4)cc(-c4ccccc4)c3)c2)cc1.[Pt]. The van der Waals surface area contributed by atoms with Crippen molar-refractivity contribution in [2.45, 2.75) is 85.5 Å². The first-order chi connectivity index (χ1) is 30.9. The zero-order chi connectivity index (χ0) is 45.8. The summed E-state index contributed by atoms with van der Waals surface area (Å²) in [6.07, 6.45) is 1.89. The van der Waals surface area contributed by atoms with E-state index in [9.17, 15) is 5.11 Å². The molecule has 2 heterocycles. The molecule has 0 saturated carbocycles. The van der Waals surface area contributed by atoms with Gasteiger partial charge >= 0.3 is 0 Å². The van der Waals surface area contributed by atoms with Crippen LogP contribution in [0.4, 0.5) is 0 Å². The molecule has 4 nitrogen and oxygen atoms in total. The first kappa shape index (κ1) is 46.2. The molecule has 0 aliphatic rings. The molecule has 2 aromatic heterocycles. The maximum absolute atomic E-state index is 12.5. The van der Waals surface area contributed by atoms with E-state index < -0.39 is 0 Å². The number of nitrogens with zero attached hydrogens (tertiary/aromatic N) is 3. The first-order valence-corrected chi connectivity index (χ1v) is 22.7. The quantitative estimate of drug-likeness (QED) is 0.162. The summed E-state index contributed by atoms with van der Waals surface area (Å²) < 4.78 is 2.27. The number of rotatable bonds is 7. The predicted octanol–water partition coefficient (Wildman–Crippen LogP) is 16.1. The van der Waals surface area contributed by atoms with Gasteiger partial charge in [-0.2, -0.15) is 0 Å². The molecule has 0 fully saturated rings. The maximum Gasteiger partial charge on any atom is 0.148 e. The summed E-state index contributed by atoms with van der Waals surface area (Å²) in [6.45, 7) is 22.1. The number of phenols is 1. The average Bonchev–Trinajstić information content (AvgIpc) is 3.68. The zero-order valence-corrected chi connectivity index (χ0v) is 42.0. The smallest absolute Gasteiger partial charge is 0.148 e. The van der Waals surface area contributed by atoms with Crippen LogP contribution in [0.5, 0.6) is 5.75 Å². The molecule has 0 radical (unpaired) electrons. The third-order valence-corrected chi connectivity index (χ3v) is 12.5. The van der Waals surface area contributed by atoms with Crippen LogP contribution >= 0.6 is 0 Å². The molecule has 0 saturated heterocycles. The van der Waals surface area contributed by atoms with Gasteiger partial charge in [0.1, 0.15) is 11.6 Å². The van der Waals surface area contributed by atoms with Gasteiger partial charge in [0.2, 0.25) is 0 Å². The number of hydrogen-bond donors (Lipinski definition) is 1. The maximum atomic E-state index is 12.5. The Balaban J connectivity index is 0.00000592. The van der Waals surface area contributed by atoms with E-state index in [1.165, 1.54) is 11.1 Å². The van der Waals surface area contributed by atoms with E-state index >= 15 is 0 Å². The minimum Gasteiger partial charge on any atom is -0.507 e. The molecule has 0 spiro atoms. The fourth-order valence-electron chi connectivity index (χ4n) is 8.69.